The number of nitrogens with one attached hydrogen (secondary N) is 2. The zero-order valence-electron chi connectivity index (χ0n) is 27.2. The number of ether oxygens (including phenoxy) is 1. The molecule has 5 heterocycles. The molecule has 0 atom stereocenters. The maximum Gasteiger partial charge on any atom is 0.164 e. The third-order valence-electron chi connectivity index (χ3n) is 9.30. The van der Waals surface area contributed by atoms with Crippen LogP contribution >= 0.6 is 0 Å². The number of aromatic amines is 2. The maximum absolute atomic E-state index is 6.46. The summed E-state index contributed by atoms with van der Waals surface area (Å²) in [5.41, 5.74) is 6.28. The summed E-state index contributed by atoms with van der Waals surface area (Å²) in [5, 5.41) is 3.66. The average molecular weight is 643 g/mol. The largest absolute Gasteiger partial charge is 0.493 e. The number of rotatable bonds is 8. The molecule has 0 amide bonds. The van der Waals surface area contributed by atoms with Gasteiger partial charge in [0.15, 0.2) is 23.3 Å². The Kier molecular flexibility index (Phi) is 7.30. The van der Waals surface area contributed by atoms with Crippen molar-refractivity contribution >= 4 is 44.1 Å². The summed E-state index contributed by atoms with van der Waals surface area (Å²) in [6, 6.07) is 30.3. The van der Waals surface area contributed by atoms with E-state index in [1.807, 2.05) is 84.9 Å². The number of unbranched alkanes of at least 4 members (excludes halogenated alkanes) is 5. The second-order valence-corrected chi connectivity index (χ2v) is 12.5. The van der Waals surface area contributed by atoms with Crippen molar-refractivity contribution in [3.63, 3.8) is 0 Å². The van der Waals surface area contributed by atoms with E-state index in [9.17, 15) is 0 Å². The van der Waals surface area contributed by atoms with Crippen molar-refractivity contribution in [2.24, 2.45) is 0 Å². The van der Waals surface area contributed by atoms with Crippen LogP contribution in [0.5, 0.6) is 5.75 Å². The van der Waals surface area contributed by atoms with Crippen molar-refractivity contribution in [3.8, 4) is 51.3 Å². The number of aromatic nitrogens is 8. The highest BCUT2D eigenvalue weighted by Crippen LogP contribution is 2.38. The predicted molar refractivity (Wildman–Crippen MR) is 195 cm³/mol. The summed E-state index contributed by atoms with van der Waals surface area (Å²) in [6.45, 7) is 2.88. The minimum absolute atomic E-state index is 0.571. The van der Waals surface area contributed by atoms with Gasteiger partial charge in [-0.1, -0.05) is 124 Å². The lowest BCUT2D eigenvalue weighted by molar-refractivity contribution is 0.308. The molecule has 240 valence electrons. The van der Waals surface area contributed by atoms with E-state index in [1.165, 1.54) is 25.7 Å². The van der Waals surface area contributed by atoms with Crippen molar-refractivity contribution in [1.82, 2.24) is 39.9 Å². The molecule has 8 bridgehead atoms. The highest BCUT2D eigenvalue weighted by Gasteiger charge is 2.22. The van der Waals surface area contributed by atoms with Crippen LogP contribution in [-0.2, 0) is 0 Å². The lowest BCUT2D eigenvalue weighted by Gasteiger charge is -2.07. The normalized spacial score (nSPS) is 11.9. The Morgan fingerprint density at radius 2 is 0.898 bits per heavy atom. The van der Waals surface area contributed by atoms with Gasteiger partial charge in [-0.3, -0.25) is 0 Å². The quantitative estimate of drug-likeness (QED) is 0.158. The smallest absolute Gasteiger partial charge is 0.164 e. The summed E-state index contributed by atoms with van der Waals surface area (Å²) in [4.78, 5) is 37.5. The second kappa shape index (κ2) is 12.2. The molecule has 0 unspecified atom stereocenters. The number of fused-ring (bicyclic) bond motifs is 20. The molecule has 7 aromatic rings. The summed E-state index contributed by atoms with van der Waals surface area (Å²) in [5.74, 6) is 3.08. The maximum atomic E-state index is 6.46. The lowest BCUT2D eigenvalue weighted by Crippen LogP contribution is -1.97. The molecular formula is C40H34N8O. The van der Waals surface area contributed by atoms with Crippen LogP contribution in [0.3, 0.4) is 0 Å². The number of hydrogen-bond acceptors (Lipinski definition) is 7. The molecule has 9 nitrogen and oxygen atoms in total. The summed E-state index contributed by atoms with van der Waals surface area (Å²) in [7, 11) is 0. The molecular weight excluding hydrogens is 608 g/mol. The van der Waals surface area contributed by atoms with Crippen LogP contribution in [0.15, 0.2) is 91.0 Å². The first kappa shape index (κ1) is 29.2. The zero-order chi connectivity index (χ0) is 32.7. The topological polar surface area (TPSA) is 118 Å². The van der Waals surface area contributed by atoms with Crippen LogP contribution in [0.4, 0.5) is 0 Å². The van der Waals surface area contributed by atoms with Crippen LogP contribution in [0.25, 0.3) is 89.7 Å². The van der Waals surface area contributed by atoms with Gasteiger partial charge in [0.25, 0.3) is 0 Å². The van der Waals surface area contributed by atoms with Crippen molar-refractivity contribution in [1.29, 1.82) is 0 Å². The van der Waals surface area contributed by atoms with Crippen molar-refractivity contribution in [2.45, 2.75) is 45.4 Å². The summed E-state index contributed by atoms with van der Waals surface area (Å²) < 4.78 is 6.46. The fraction of sp³-hybridized carbons (Fsp3) is 0.200. The minimum Gasteiger partial charge on any atom is -0.493 e. The first-order chi connectivity index (χ1) is 24.2. The third kappa shape index (κ3) is 5.18. The van der Waals surface area contributed by atoms with E-state index in [2.05, 4.69) is 23.0 Å². The predicted octanol–water partition coefficient (Wildman–Crippen LogP) is 9.61. The van der Waals surface area contributed by atoms with Gasteiger partial charge in [-0.2, -0.15) is 0 Å². The molecule has 2 aliphatic heterocycles. The molecule has 3 aromatic heterocycles. The standard InChI is InChI=1S/C40H34N8O/c1-2-3-4-5-6-13-23-49-31-22-14-21-30-32(31)40-47-38-29-20-12-11-19-28(29)36(45-38)43-34-25-16-8-7-15-24(25)33(41-34)42-35-26-17-9-10-18-27(26)37(44-35)46-39(30)48-40/h7-12,14-22H,2-6,13,23H2,1H3,(H2,41,42,43,44,45,46,47,48). The molecule has 9 rings (SSSR count). The van der Waals surface area contributed by atoms with Gasteiger partial charge >= 0.3 is 0 Å². The molecule has 0 saturated heterocycles. The highest BCUT2D eigenvalue weighted by molar-refractivity contribution is 6.08. The Morgan fingerprint density at radius 3 is 1.47 bits per heavy atom. The van der Waals surface area contributed by atoms with E-state index in [-0.39, 0.29) is 0 Å². The van der Waals surface area contributed by atoms with Gasteiger partial charge < -0.3 is 14.7 Å². The van der Waals surface area contributed by atoms with Crippen LogP contribution in [0, 0.1) is 0 Å². The molecule has 4 aromatic carbocycles. The van der Waals surface area contributed by atoms with Gasteiger partial charge in [0.05, 0.1) is 12.0 Å². The Morgan fingerprint density at radius 1 is 0.449 bits per heavy atom. The van der Waals surface area contributed by atoms with E-state index >= 15 is 0 Å². The number of nitrogens with zero attached hydrogens (tertiary/aromatic N) is 6. The van der Waals surface area contributed by atoms with Gasteiger partial charge in [-0.25, -0.2) is 29.9 Å². The van der Waals surface area contributed by atoms with Crippen molar-refractivity contribution < 1.29 is 4.74 Å². The van der Waals surface area contributed by atoms with Gasteiger partial charge in [0.1, 0.15) is 28.3 Å². The molecule has 2 aliphatic rings. The number of H-pyrrole nitrogens is 2. The van der Waals surface area contributed by atoms with E-state index in [4.69, 9.17) is 34.6 Å². The van der Waals surface area contributed by atoms with Crippen LogP contribution in [0.1, 0.15) is 45.4 Å². The average Bonchev–Trinajstić information content (AvgIpc) is 3.87. The SMILES string of the molecule is CCCCCCCCOc1cccc2c3nc4nc(nc5[nH]c(nc6nc(nc([nH]3)c12)-c1ccccc1-6)c1ccccc51)-c1ccccc1-4. The molecule has 0 aliphatic carbocycles. The van der Waals surface area contributed by atoms with Crippen LogP contribution in [0.2, 0.25) is 0 Å². The van der Waals surface area contributed by atoms with Gasteiger partial charge in [0, 0.05) is 38.4 Å². The van der Waals surface area contributed by atoms with Gasteiger partial charge in [-0.05, 0) is 12.5 Å². The summed E-state index contributed by atoms with van der Waals surface area (Å²) in [6.07, 6.45) is 7.17. The molecule has 0 saturated carbocycles. The van der Waals surface area contributed by atoms with E-state index < -0.39 is 0 Å². The van der Waals surface area contributed by atoms with E-state index in [0.717, 1.165) is 62.4 Å². The second-order valence-electron chi connectivity index (χ2n) is 12.5. The Labute approximate surface area is 282 Å². The van der Waals surface area contributed by atoms with Crippen LogP contribution < -0.4 is 4.74 Å². The van der Waals surface area contributed by atoms with Gasteiger partial charge in [0.2, 0.25) is 0 Å². The first-order valence-corrected chi connectivity index (χ1v) is 17.1. The molecule has 49 heavy (non-hydrogen) atoms. The fourth-order valence-electron chi connectivity index (χ4n) is 6.84. The number of hydrogen-bond donors (Lipinski definition) is 2. The molecule has 9 heteroatoms. The Hall–Kier alpha value is -5.96. The third-order valence-corrected chi connectivity index (χ3v) is 9.30. The van der Waals surface area contributed by atoms with Crippen molar-refractivity contribution in [3.05, 3.63) is 91.0 Å². The van der Waals surface area contributed by atoms with Gasteiger partial charge in [-0.15, -0.1) is 0 Å². The highest BCUT2D eigenvalue weighted by atomic mass is 16.5. The van der Waals surface area contributed by atoms with Crippen molar-refractivity contribution in [2.75, 3.05) is 6.61 Å². The minimum atomic E-state index is 0.571. The fourth-order valence-corrected chi connectivity index (χ4v) is 6.84. The van der Waals surface area contributed by atoms with Crippen LogP contribution in [-0.4, -0.2) is 46.5 Å². The summed E-state index contributed by atoms with van der Waals surface area (Å²) >= 11 is 0. The molecule has 0 radical (unpaired) electrons. The van der Waals surface area contributed by atoms with E-state index in [1.54, 1.807) is 0 Å². The Bertz CT molecular complexity index is 2540. The molecule has 0 spiro atoms. The lowest BCUT2D eigenvalue weighted by atomic mass is 10.1. The monoisotopic (exact) mass is 642 g/mol. The first-order valence-electron chi connectivity index (χ1n) is 17.1. The number of benzene rings is 4. The van der Waals surface area contributed by atoms with E-state index in [0.29, 0.717) is 52.5 Å². The zero-order valence-corrected chi connectivity index (χ0v) is 27.2. The molecule has 0 fully saturated rings. The molecule has 2 N–H and O–H groups in total. The Balaban J connectivity index is 1.32.